The lowest BCUT2D eigenvalue weighted by atomic mass is 9.85. The topological polar surface area (TPSA) is 51.0 Å². The van der Waals surface area contributed by atoms with Crippen molar-refractivity contribution in [3.63, 3.8) is 0 Å². The summed E-state index contributed by atoms with van der Waals surface area (Å²) < 4.78 is 5.36. The fraction of sp³-hybridized carbons (Fsp3) is 0.846. The summed E-state index contributed by atoms with van der Waals surface area (Å²) in [5.41, 5.74) is 0.380. The van der Waals surface area contributed by atoms with E-state index in [1.54, 1.807) is 0 Å². The monoisotopic (exact) mass is 237 g/mol. The van der Waals surface area contributed by atoms with Gasteiger partial charge in [0.2, 0.25) is 5.89 Å². The Labute approximate surface area is 103 Å². The van der Waals surface area contributed by atoms with Crippen LogP contribution in [0.1, 0.15) is 52.3 Å². The molecule has 1 fully saturated rings. The van der Waals surface area contributed by atoms with Crippen molar-refractivity contribution in [2.45, 2.75) is 58.4 Å². The molecule has 96 valence electrons. The maximum absolute atomic E-state index is 5.36. The predicted octanol–water partition coefficient (Wildman–Crippen LogP) is 2.30. The Morgan fingerprint density at radius 2 is 2.06 bits per heavy atom. The smallest absolute Gasteiger partial charge is 0.228 e. The minimum Gasteiger partial charge on any atom is -0.339 e. The van der Waals surface area contributed by atoms with Crippen molar-refractivity contribution in [3.8, 4) is 0 Å². The SMILES string of the molecule is CNC(Cc1nc(C2(C)CC2)no1)C(C)(C)C. The van der Waals surface area contributed by atoms with Crippen LogP contribution in [0.4, 0.5) is 0 Å². The van der Waals surface area contributed by atoms with Gasteiger partial charge in [0.25, 0.3) is 0 Å². The second-order valence-corrected chi connectivity index (χ2v) is 6.48. The van der Waals surface area contributed by atoms with Gasteiger partial charge in [0.1, 0.15) is 0 Å². The van der Waals surface area contributed by atoms with E-state index in [1.807, 2.05) is 7.05 Å². The van der Waals surface area contributed by atoms with Crippen molar-refractivity contribution in [1.29, 1.82) is 0 Å². The van der Waals surface area contributed by atoms with Crippen LogP contribution in [-0.2, 0) is 11.8 Å². The first-order valence-corrected chi connectivity index (χ1v) is 6.35. The number of hydrogen-bond donors (Lipinski definition) is 1. The standard InChI is InChI=1S/C13H23N3O/c1-12(2,3)9(14-5)8-10-15-11(16-17-10)13(4)6-7-13/h9,14H,6-8H2,1-5H3. The Bertz CT molecular complexity index is 388. The highest BCUT2D eigenvalue weighted by Gasteiger charge is 2.43. The molecule has 1 aliphatic carbocycles. The van der Waals surface area contributed by atoms with Gasteiger partial charge in [-0.3, -0.25) is 0 Å². The number of nitrogens with zero attached hydrogens (tertiary/aromatic N) is 2. The zero-order valence-corrected chi connectivity index (χ0v) is 11.5. The maximum Gasteiger partial charge on any atom is 0.228 e. The van der Waals surface area contributed by atoms with Crippen LogP contribution in [0.2, 0.25) is 0 Å². The van der Waals surface area contributed by atoms with Crippen molar-refractivity contribution in [2.24, 2.45) is 5.41 Å². The molecule has 0 amide bonds. The lowest BCUT2D eigenvalue weighted by Gasteiger charge is -2.29. The average molecular weight is 237 g/mol. The zero-order valence-electron chi connectivity index (χ0n) is 11.5. The second-order valence-electron chi connectivity index (χ2n) is 6.48. The van der Waals surface area contributed by atoms with Gasteiger partial charge in [0.05, 0.1) is 0 Å². The molecule has 1 N–H and O–H groups in total. The summed E-state index contributed by atoms with van der Waals surface area (Å²) in [6.45, 7) is 8.84. The molecular formula is C13H23N3O. The van der Waals surface area contributed by atoms with Crippen LogP contribution in [0.3, 0.4) is 0 Å². The maximum atomic E-state index is 5.36. The van der Waals surface area contributed by atoms with Gasteiger partial charge >= 0.3 is 0 Å². The van der Waals surface area contributed by atoms with Crippen LogP contribution in [0.15, 0.2) is 4.52 Å². The molecule has 1 atom stereocenters. The second kappa shape index (κ2) is 4.09. The molecule has 1 heterocycles. The van der Waals surface area contributed by atoms with E-state index in [2.05, 4.69) is 43.2 Å². The zero-order chi connectivity index (χ0) is 12.7. The Hall–Kier alpha value is -0.900. The lowest BCUT2D eigenvalue weighted by Crippen LogP contribution is -2.39. The molecule has 0 aliphatic heterocycles. The molecule has 1 aliphatic rings. The molecule has 2 rings (SSSR count). The molecule has 0 aromatic carbocycles. The number of likely N-dealkylation sites (N-methyl/N-ethyl adjacent to an activating group) is 1. The van der Waals surface area contributed by atoms with Gasteiger partial charge in [-0.25, -0.2) is 0 Å². The molecule has 17 heavy (non-hydrogen) atoms. The van der Waals surface area contributed by atoms with Crippen molar-refractivity contribution in [2.75, 3.05) is 7.05 Å². The summed E-state index contributed by atoms with van der Waals surface area (Å²) >= 11 is 0. The Morgan fingerprint density at radius 1 is 1.41 bits per heavy atom. The first-order valence-electron chi connectivity index (χ1n) is 6.35. The highest BCUT2D eigenvalue weighted by atomic mass is 16.5. The summed E-state index contributed by atoms with van der Waals surface area (Å²) in [6.07, 6.45) is 3.16. The number of hydrogen-bond acceptors (Lipinski definition) is 4. The van der Waals surface area contributed by atoms with E-state index in [9.17, 15) is 0 Å². The Balaban J connectivity index is 2.05. The van der Waals surface area contributed by atoms with Crippen LogP contribution in [-0.4, -0.2) is 23.2 Å². The Morgan fingerprint density at radius 3 is 2.53 bits per heavy atom. The third kappa shape index (κ3) is 2.68. The molecule has 0 saturated heterocycles. The summed E-state index contributed by atoms with van der Waals surface area (Å²) in [7, 11) is 1.98. The average Bonchev–Trinajstić information content (AvgIpc) is 2.80. The van der Waals surface area contributed by atoms with Crippen molar-refractivity contribution >= 4 is 0 Å². The number of aromatic nitrogens is 2. The minimum atomic E-state index is 0.187. The van der Waals surface area contributed by atoms with E-state index in [0.717, 1.165) is 18.1 Å². The summed E-state index contributed by atoms with van der Waals surface area (Å²) in [6, 6.07) is 0.350. The Kier molecular flexibility index (Phi) is 3.02. The molecule has 1 aromatic heterocycles. The van der Waals surface area contributed by atoms with Crippen LogP contribution in [0.25, 0.3) is 0 Å². The van der Waals surface area contributed by atoms with Crippen LogP contribution < -0.4 is 5.32 Å². The van der Waals surface area contributed by atoms with Gasteiger partial charge in [-0.05, 0) is 25.3 Å². The van der Waals surface area contributed by atoms with E-state index in [1.165, 1.54) is 12.8 Å². The molecule has 4 heteroatoms. The summed E-state index contributed by atoms with van der Waals surface area (Å²) in [5, 5.41) is 7.43. The summed E-state index contributed by atoms with van der Waals surface area (Å²) in [4.78, 5) is 4.53. The van der Waals surface area contributed by atoms with Gasteiger partial charge in [0, 0.05) is 17.9 Å². The first kappa shape index (κ1) is 12.6. The fourth-order valence-electron chi connectivity index (χ4n) is 2.01. The van der Waals surface area contributed by atoms with E-state index in [-0.39, 0.29) is 10.8 Å². The van der Waals surface area contributed by atoms with E-state index >= 15 is 0 Å². The fourth-order valence-corrected chi connectivity index (χ4v) is 2.01. The third-order valence-electron chi connectivity index (χ3n) is 3.78. The number of rotatable bonds is 4. The van der Waals surface area contributed by atoms with Crippen LogP contribution >= 0.6 is 0 Å². The minimum absolute atomic E-state index is 0.187. The van der Waals surface area contributed by atoms with E-state index in [0.29, 0.717) is 6.04 Å². The van der Waals surface area contributed by atoms with Gasteiger partial charge in [-0.2, -0.15) is 4.98 Å². The van der Waals surface area contributed by atoms with E-state index in [4.69, 9.17) is 4.52 Å². The van der Waals surface area contributed by atoms with Crippen LogP contribution in [0, 0.1) is 5.41 Å². The quantitative estimate of drug-likeness (QED) is 0.873. The van der Waals surface area contributed by atoms with Crippen molar-refractivity contribution < 1.29 is 4.52 Å². The molecule has 1 saturated carbocycles. The number of nitrogens with one attached hydrogen (secondary N) is 1. The predicted molar refractivity (Wildman–Crippen MR) is 66.9 cm³/mol. The molecule has 0 radical (unpaired) electrons. The lowest BCUT2D eigenvalue weighted by molar-refractivity contribution is 0.255. The molecule has 1 unspecified atom stereocenters. The largest absolute Gasteiger partial charge is 0.339 e. The van der Waals surface area contributed by atoms with Gasteiger partial charge < -0.3 is 9.84 Å². The molecule has 1 aromatic rings. The summed E-state index contributed by atoms with van der Waals surface area (Å²) in [5.74, 6) is 1.64. The first-order chi connectivity index (χ1) is 7.85. The van der Waals surface area contributed by atoms with Gasteiger partial charge in [0.15, 0.2) is 5.82 Å². The third-order valence-corrected chi connectivity index (χ3v) is 3.78. The molecule has 0 bridgehead atoms. The van der Waals surface area contributed by atoms with Crippen molar-refractivity contribution in [3.05, 3.63) is 11.7 Å². The highest BCUT2D eigenvalue weighted by Crippen LogP contribution is 2.46. The van der Waals surface area contributed by atoms with Crippen molar-refractivity contribution in [1.82, 2.24) is 15.5 Å². The van der Waals surface area contributed by atoms with Gasteiger partial charge in [-0.1, -0.05) is 32.9 Å². The van der Waals surface area contributed by atoms with Gasteiger partial charge in [-0.15, -0.1) is 0 Å². The molecular weight excluding hydrogens is 214 g/mol. The normalized spacial score (nSPS) is 20.3. The molecule has 4 nitrogen and oxygen atoms in total. The van der Waals surface area contributed by atoms with Crippen LogP contribution in [0.5, 0.6) is 0 Å². The highest BCUT2D eigenvalue weighted by molar-refractivity contribution is 5.14. The van der Waals surface area contributed by atoms with E-state index < -0.39 is 0 Å². The molecule has 0 spiro atoms.